The molecule has 2 rings (SSSR count). The zero-order valence-corrected chi connectivity index (χ0v) is 9.48. The molecule has 0 bridgehead atoms. The van der Waals surface area contributed by atoms with E-state index in [9.17, 15) is 18.0 Å². The normalized spacial score (nSPS) is 18.5. The van der Waals surface area contributed by atoms with Gasteiger partial charge < -0.3 is 5.32 Å². The Morgan fingerprint density at radius 2 is 1.94 bits per heavy atom. The predicted octanol–water partition coefficient (Wildman–Crippen LogP) is 3.48. The molecule has 0 aliphatic carbocycles. The van der Waals surface area contributed by atoms with Crippen molar-refractivity contribution in [3.8, 4) is 0 Å². The van der Waals surface area contributed by atoms with E-state index in [1.165, 1.54) is 6.07 Å². The molecular formula is C12H12F3NO. The minimum absolute atomic E-state index is 0.127. The summed E-state index contributed by atoms with van der Waals surface area (Å²) < 4.78 is 37.6. The molecule has 1 heterocycles. The zero-order valence-electron chi connectivity index (χ0n) is 9.48. The van der Waals surface area contributed by atoms with Gasteiger partial charge in [-0.2, -0.15) is 13.2 Å². The van der Waals surface area contributed by atoms with Crippen molar-refractivity contribution in [1.82, 2.24) is 0 Å². The van der Waals surface area contributed by atoms with Crippen LogP contribution >= 0.6 is 0 Å². The number of ketones is 1. The molecular weight excluding hydrogens is 231 g/mol. The van der Waals surface area contributed by atoms with Gasteiger partial charge in [0.25, 0.3) is 0 Å². The fourth-order valence-corrected chi connectivity index (χ4v) is 1.97. The number of alkyl halides is 3. The quantitative estimate of drug-likeness (QED) is 0.755. The van der Waals surface area contributed by atoms with Gasteiger partial charge in [0, 0.05) is 23.2 Å². The van der Waals surface area contributed by atoms with Crippen LogP contribution in [0.1, 0.15) is 36.2 Å². The first-order valence-corrected chi connectivity index (χ1v) is 5.22. The minimum Gasteiger partial charge on any atom is -0.379 e. The van der Waals surface area contributed by atoms with Crippen LogP contribution in [0.15, 0.2) is 18.2 Å². The predicted molar refractivity (Wildman–Crippen MR) is 58.1 cm³/mol. The van der Waals surface area contributed by atoms with E-state index in [1.807, 2.05) is 0 Å². The average molecular weight is 243 g/mol. The SMILES string of the molecule is CC1(C)CC(=O)c2ccc(C(F)(F)F)cc2N1. The Morgan fingerprint density at radius 3 is 2.53 bits per heavy atom. The number of carbonyl (C=O) groups excluding carboxylic acids is 1. The first-order chi connectivity index (χ1) is 7.69. The van der Waals surface area contributed by atoms with Crippen LogP contribution in [0.3, 0.4) is 0 Å². The number of benzene rings is 1. The van der Waals surface area contributed by atoms with Crippen molar-refractivity contribution >= 4 is 11.5 Å². The summed E-state index contributed by atoms with van der Waals surface area (Å²) in [5.41, 5.74) is -0.651. The van der Waals surface area contributed by atoms with Gasteiger partial charge in [0.1, 0.15) is 0 Å². The van der Waals surface area contributed by atoms with Crippen molar-refractivity contribution in [2.75, 3.05) is 5.32 Å². The second kappa shape index (κ2) is 3.48. The fraction of sp³-hybridized carbons (Fsp3) is 0.417. The van der Waals surface area contributed by atoms with E-state index in [4.69, 9.17) is 0 Å². The summed E-state index contributed by atoms with van der Waals surface area (Å²) in [7, 11) is 0. The summed E-state index contributed by atoms with van der Waals surface area (Å²) in [5.74, 6) is -0.127. The lowest BCUT2D eigenvalue weighted by atomic mass is 9.88. The summed E-state index contributed by atoms with van der Waals surface area (Å²) in [4.78, 5) is 11.7. The van der Waals surface area contributed by atoms with Crippen molar-refractivity contribution in [3.05, 3.63) is 29.3 Å². The van der Waals surface area contributed by atoms with E-state index < -0.39 is 17.3 Å². The van der Waals surface area contributed by atoms with Crippen LogP contribution in [0.5, 0.6) is 0 Å². The van der Waals surface area contributed by atoms with Crippen molar-refractivity contribution in [1.29, 1.82) is 0 Å². The summed E-state index contributed by atoms with van der Waals surface area (Å²) in [6, 6.07) is 3.17. The third-order valence-electron chi connectivity index (χ3n) is 2.72. The van der Waals surface area contributed by atoms with Gasteiger partial charge in [-0.15, -0.1) is 0 Å². The molecule has 0 aromatic heterocycles. The van der Waals surface area contributed by atoms with Gasteiger partial charge in [0.05, 0.1) is 5.56 Å². The molecule has 92 valence electrons. The molecule has 0 amide bonds. The van der Waals surface area contributed by atoms with Gasteiger partial charge in [-0.1, -0.05) is 0 Å². The monoisotopic (exact) mass is 243 g/mol. The Labute approximate surface area is 96.8 Å². The van der Waals surface area contributed by atoms with Gasteiger partial charge in [-0.25, -0.2) is 0 Å². The molecule has 2 nitrogen and oxygen atoms in total. The van der Waals surface area contributed by atoms with Crippen LogP contribution in [-0.2, 0) is 6.18 Å². The van der Waals surface area contributed by atoms with Gasteiger partial charge in [-0.3, -0.25) is 4.79 Å². The van der Waals surface area contributed by atoms with Crippen LogP contribution < -0.4 is 5.32 Å². The molecule has 1 aliphatic rings. The number of fused-ring (bicyclic) bond motifs is 1. The maximum atomic E-state index is 12.5. The number of rotatable bonds is 0. The molecule has 1 N–H and O–H groups in total. The highest BCUT2D eigenvalue weighted by Gasteiger charge is 2.35. The Kier molecular flexibility index (Phi) is 2.45. The first kappa shape index (κ1) is 12.0. The van der Waals surface area contributed by atoms with Crippen molar-refractivity contribution in [2.45, 2.75) is 32.0 Å². The van der Waals surface area contributed by atoms with Crippen molar-refractivity contribution in [3.63, 3.8) is 0 Å². The highest BCUT2D eigenvalue weighted by Crippen LogP contribution is 2.36. The third kappa shape index (κ3) is 2.28. The van der Waals surface area contributed by atoms with Crippen molar-refractivity contribution < 1.29 is 18.0 Å². The summed E-state index contributed by atoms with van der Waals surface area (Å²) in [6.07, 6.45) is -4.10. The lowest BCUT2D eigenvalue weighted by Gasteiger charge is -2.33. The number of carbonyl (C=O) groups is 1. The Hall–Kier alpha value is -1.52. The number of anilines is 1. The Balaban J connectivity index is 2.49. The lowest BCUT2D eigenvalue weighted by Crippen LogP contribution is -2.38. The van der Waals surface area contributed by atoms with E-state index in [-0.39, 0.29) is 17.9 Å². The molecule has 0 fully saturated rings. The molecule has 5 heteroatoms. The third-order valence-corrected chi connectivity index (χ3v) is 2.72. The molecule has 0 radical (unpaired) electrons. The Bertz CT molecular complexity index is 477. The van der Waals surface area contributed by atoms with Gasteiger partial charge in [-0.05, 0) is 32.0 Å². The van der Waals surface area contributed by atoms with E-state index in [0.29, 0.717) is 5.56 Å². The second-order valence-corrected chi connectivity index (χ2v) is 4.87. The van der Waals surface area contributed by atoms with Crippen molar-refractivity contribution in [2.24, 2.45) is 0 Å². The molecule has 0 atom stereocenters. The zero-order chi connectivity index (χ0) is 12.8. The fourth-order valence-electron chi connectivity index (χ4n) is 1.97. The van der Waals surface area contributed by atoms with E-state index in [2.05, 4.69) is 5.32 Å². The highest BCUT2D eigenvalue weighted by molar-refractivity contribution is 6.04. The lowest BCUT2D eigenvalue weighted by molar-refractivity contribution is -0.137. The average Bonchev–Trinajstić information content (AvgIpc) is 2.13. The molecule has 0 unspecified atom stereocenters. The highest BCUT2D eigenvalue weighted by atomic mass is 19.4. The second-order valence-electron chi connectivity index (χ2n) is 4.87. The van der Waals surface area contributed by atoms with Crippen LogP contribution in [0.2, 0.25) is 0 Å². The molecule has 1 aliphatic heterocycles. The Morgan fingerprint density at radius 1 is 1.29 bits per heavy atom. The molecule has 0 spiro atoms. The summed E-state index contributed by atoms with van der Waals surface area (Å²) in [5, 5.41) is 2.96. The standard InChI is InChI=1S/C12H12F3NO/c1-11(2)6-10(17)8-4-3-7(12(13,14)15)5-9(8)16-11/h3-5,16H,6H2,1-2H3. The molecule has 0 saturated heterocycles. The van der Waals surface area contributed by atoms with Crippen LogP contribution in [0, 0.1) is 0 Å². The van der Waals surface area contributed by atoms with Gasteiger partial charge in [0.2, 0.25) is 0 Å². The topological polar surface area (TPSA) is 29.1 Å². The van der Waals surface area contributed by atoms with Crippen LogP contribution in [0.4, 0.5) is 18.9 Å². The molecule has 1 aromatic carbocycles. The van der Waals surface area contributed by atoms with E-state index in [0.717, 1.165) is 12.1 Å². The molecule has 17 heavy (non-hydrogen) atoms. The van der Waals surface area contributed by atoms with Crippen LogP contribution in [-0.4, -0.2) is 11.3 Å². The first-order valence-electron chi connectivity index (χ1n) is 5.22. The number of nitrogens with one attached hydrogen (secondary N) is 1. The van der Waals surface area contributed by atoms with Gasteiger partial charge >= 0.3 is 6.18 Å². The molecule has 1 aromatic rings. The van der Waals surface area contributed by atoms with E-state index in [1.54, 1.807) is 13.8 Å². The largest absolute Gasteiger partial charge is 0.416 e. The molecule has 0 saturated carbocycles. The van der Waals surface area contributed by atoms with Crippen LogP contribution in [0.25, 0.3) is 0 Å². The number of hydrogen-bond donors (Lipinski definition) is 1. The summed E-state index contributed by atoms with van der Waals surface area (Å²) in [6.45, 7) is 3.57. The number of halogens is 3. The minimum atomic E-state index is -4.39. The smallest absolute Gasteiger partial charge is 0.379 e. The number of hydrogen-bond acceptors (Lipinski definition) is 2. The van der Waals surface area contributed by atoms with Gasteiger partial charge in [0.15, 0.2) is 5.78 Å². The number of Topliss-reactive ketones (excluding diaryl/α,β-unsaturated/α-hetero) is 1. The maximum absolute atomic E-state index is 12.5. The maximum Gasteiger partial charge on any atom is 0.416 e. The van der Waals surface area contributed by atoms with E-state index >= 15 is 0 Å². The summed E-state index contributed by atoms with van der Waals surface area (Å²) >= 11 is 0.